The van der Waals surface area contributed by atoms with E-state index in [2.05, 4.69) is 46.9 Å². The first-order valence-electron chi connectivity index (χ1n) is 7.51. The zero-order chi connectivity index (χ0) is 14.9. The summed E-state index contributed by atoms with van der Waals surface area (Å²) < 4.78 is 7.58. The van der Waals surface area contributed by atoms with Crippen molar-refractivity contribution in [2.75, 3.05) is 25.6 Å². The first-order chi connectivity index (χ1) is 10.1. The zero-order valence-corrected chi connectivity index (χ0v) is 13.0. The van der Waals surface area contributed by atoms with Crippen molar-refractivity contribution in [3.63, 3.8) is 0 Å². The van der Waals surface area contributed by atoms with E-state index in [1.54, 1.807) is 7.11 Å². The monoisotopic (exact) mass is 285 g/mol. The molecule has 112 valence electrons. The number of nitrogens with zero attached hydrogens (tertiary/aromatic N) is 2. The molecule has 2 heterocycles. The average Bonchev–Trinajstić information content (AvgIpc) is 2.97. The van der Waals surface area contributed by atoms with Gasteiger partial charge >= 0.3 is 0 Å². The van der Waals surface area contributed by atoms with Crippen molar-refractivity contribution >= 4 is 5.69 Å². The minimum Gasteiger partial charge on any atom is -0.384 e. The Labute approximate surface area is 126 Å². The minimum absolute atomic E-state index is 0.127. The number of hydrogen-bond donors (Lipinski definition) is 1. The smallest absolute Gasteiger partial charge is 0.0956 e. The molecule has 0 saturated heterocycles. The summed E-state index contributed by atoms with van der Waals surface area (Å²) in [5, 5.41) is 3.56. The first kappa shape index (κ1) is 14.1. The molecule has 4 nitrogen and oxygen atoms in total. The van der Waals surface area contributed by atoms with Gasteiger partial charge in [0.15, 0.2) is 0 Å². The molecule has 0 saturated carbocycles. The second kappa shape index (κ2) is 5.53. The van der Waals surface area contributed by atoms with Crippen LogP contribution < -0.4 is 5.32 Å². The maximum atomic E-state index is 5.37. The van der Waals surface area contributed by atoms with Gasteiger partial charge in [-0.2, -0.15) is 0 Å². The van der Waals surface area contributed by atoms with Gasteiger partial charge in [0.25, 0.3) is 0 Å². The number of nitrogens with one attached hydrogen (secondary N) is 1. The van der Waals surface area contributed by atoms with E-state index in [1.165, 1.54) is 23.2 Å². The second-order valence-corrected chi connectivity index (χ2v) is 6.26. The van der Waals surface area contributed by atoms with Crippen LogP contribution >= 0.6 is 0 Å². The topological polar surface area (TPSA) is 39.1 Å². The molecule has 1 aliphatic heterocycles. The van der Waals surface area contributed by atoms with E-state index in [0.717, 1.165) is 18.7 Å². The Hall–Kier alpha value is -1.81. The molecule has 0 spiro atoms. The van der Waals surface area contributed by atoms with Gasteiger partial charge < -0.3 is 14.6 Å². The molecule has 2 aromatic rings. The molecular weight excluding hydrogens is 262 g/mol. The maximum absolute atomic E-state index is 5.37. The number of methoxy groups -OCH3 is 1. The molecule has 0 radical (unpaired) electrons. The Morgan fingerprint density at radius 2 is 2.24 bits per heavy atom. The van der Waals surface area contributed by atoms with Crippen LogP contribution in [0.2, 0.25) is 0 Å². The molecule has 0 bridgehead atoms. The summed E-state index contributed by atoms with van der Waals surface area (Å²) in [6.45, 7) is 6.04. The number of aryl methyl sites for hydroxylation is 1. The predicted molar refractivity (Wildman–Crippen MR) is 85.7 cm³/mol. The SMILES string of the molecule is COCC(C)(C)n1cncc1-c1cccc2c1NCCC2. The number of aromatic nitrogens is 2. The molecule has 0 fully saturated rings. The van der Waals surface area contributed by atoms with E-state index in [4.69, 9.17) is 4.74 Å². The fourth-order valence-corrected chi connectivity index (χ4v) is 3.12. The molecule has 3 rings (SSSR count). The average molecular weight is 285 g/mol. The zero-order valence-electron chi connectivity index (χ0n) is 13.0. The van der Waals surface area contributed by atoms with Crippen LogP contribution in [-0.4, -0.2) is 29.8 Å². The summed E-state index contributed by atoms with van der Waals surface area (Å²) in [6.07, 6.45) is 6.19. The van der Waals surface area contributed by atoms with Gasteiger partial charge in [0, 0.05) is 24.9 Å². The van der Waals surface area contributed by atoms with Gasteiger partial charge in [0.2, 0.25) is 0 Å². The van der Waals surface area contributed by atoms with Crippen LogP contribution in [0, 0.1) is 0 Å². The lowest BCUT2D eigenvalue weighted by atomic mass is 9.97. The van der Waals surface area contributed by atoms with Gasteiger partial charge in [-0.15, -0.1) is 0 Å². The number of ether oxygens (including phenoxy) is 1. The number of imidazole rings is 1. The molecule has 1 aromatic carbocycles. The van der Waals surface area contributed by atoms with Crippen LogP contribution in [0.15, 0.2) is 30.7 Å². The van der Waals surface area contributed by atoms with Crippen LogP contribution in [-0.2, 0) is 16.7 Å². The van der Waals surface area contributed by atoms with Crippen molar-refractivity contribution < 1.29 is 4.74 Å². The van der Waals surface area contributed by atoms with Crippen molar-refractivity contribution in [3.8, 4) is 11.3 Å². The molecule has 0 atom stereocenters. The normalized spacial score (nSPS) is 14.6. The largest absolute Gasteiger partial charge is 0.384 e. The third kappa shape index (κ3) is 2.56. The molecule has 1 aliphatic rings. The Balaban J connectivity index is 2.09. The standard InChI is InChI=1S/C17H23N3O/c1-17(2,11-21-3)20-12-18-10-15(20)14-8-4-6-13-7-5-9-19-16(13)14/h4,6,8,10,12,19H,5,7,9,11H2,1-3H3. The van der Waals surface area contributed by atoms with Crippen molar-refractivity contribution in [2.45, 2.75) is 32.2 Å². The number of anilines is 1. The highest BCUT2D eigenvalue weighted by molar-refractivity contribution is 5.79. The van der Waals surface area contributed by atoms with E-state index in [-0.39, 0.29) is 5.54 Å². The highest BCUT2D eigenvalue weighted by atomic mass is 16.5. The van der Waals surface area contributed by atoms with Crippen molar-refractivity contribution in [1.82, 2.24) is 9.55 Å². The molecule has 21 heavy (non-hydrogen) atoms. The van der Waals surface area contributed by atoms with Gasteiger partial charge in [-0.1, -0.05) is 18.2 Å². The predicted octanol–water partition coefficient (Wildman–Crippen LogP) is 3.29. The Bertz CT molecular complexity index is 631. The summed E-state index contributed by atoms with van der Waals surface area (Å²) in [5.41, 5.74) is 4.91. The number of fused-ring (bicyclic) bond motifs is 1. The van der Waals surface area contributed by atoms with Gasteiger partial charge in [-0.05, 0) is 32.3 Å². The van der Waals surface area contributed by atoms with Crippen molar-refractivity contribution in [1.29, 1.82) is 0 Å². The highest BCUT2D eigenvalue weighted by Crippen LogP contribution is 2.35. The molecule has 0 amide bonds. The Kier molecular flexibility index (Phi) is 3.72. The summed E-state index contributed by atoms with van der Waals surface area (Å²) in [5.74, 6) is 0. The van der Waals surface area contributed by atoms with Gasteiger partial charge in [-0.25, -0.2) is 4.98 Å². The molecule has 0 aliphatic carbocycles. The van der Waals surface area contributed by atoms with Gasteiger partial charge in [0.05, 0.1) is 30.4 Å². The Morgan fingerprint density at radius 1 is 1.38 bits per heavy atom. The van der Waals surface area contributed by atoms with E-state index in [0.29, 0.717) is 6.61 Å². The van der Waals surface area contributed by atoms with Crippen LogP contribution in [0.4, 0.5) is 5.69 Å². The van der Waals surface area contributed by atoms with Crippen molar-refractivity contribution in [2.24, 2.45) is 0 Å². The molecule has 1 N–H and O–H groups in total. The minimum atomic E-state index is -0.127. The lowest BCUT2D eigenvalue weighted by Gasteiger charge is -2.29. The van der Waals surface area contributed by atoms with E-state index in [9.17, 15) is 0 Å². The molecular formula is C17H23N3O. The maximum Gasteiger partial charge on any atom is 0.0956 e. The van der Waals surface area contributed by atoms with Crippen LogP contribution in [0.1, 0.15) is 25.8 Å². The van der Waals surface area contributed by atoms with Crippen LogP contribution in [0.3, 0.4) is 0 Å². The fourth-order valence-electron chi connectivity index (χ4n) is 3.12. The summed E-state index contributed by atoms with van der Waals surface area (Å²) in [6, 6.07) is 6.53. The first-order valence-corrected chi connectivity index (χ1v) is 7.51. The number of benzene rings is 1. The van der Waals surface area contributed by atoms with Crippen LogP contribution in [0.5, 0.6) is 0 Å². The summed E-state index contributed by atoms with van der Waals surface area (Å²) in [7, 11) is 1.74. The third-order valence-electron chi connectivity index (χ3n) is 4.14. The lowest BCUT2D eigenvalue weighted by molar-refractivity contribution is 0.110. The number of hydrogen-bond acceptors (Lipinski definition) is 3. The second-order valence-electron chi connectivity index (χ2n) is 6.26. The van der Waals surface area contributed by atoms with E-state index >= 15 is 0 Å². The lowest BCUT2D eigenvalue weighted by Crippen LogP contribution is -2.31. The Morgan fingerprint density at radius 3 is 3.05 bits per heavy atom. The number of para-hydroxylation sites is 1. The number of rotatable bonds is 4. The van der Waals surface area contributed by atoms with E-state index in [1.807, 2.05) is 12.5 Å². The highest BCUT2D eigenvalue weighted by Gasteiger charge is 2.25. The van der Waals surface area contributed by atoms with Gasteiger partial charge in [0.1, 0.15) is 0 Å². The van der Waals surface area contributed by atoms with E-state index < -0.39 is 0 Å². The van der Waals surface area contributed by atoms with Crippen LogP contribution in [0.25, 0.3) is 11.3 Å². The summed E-state index contributed by atoms with van der Waals surface area (Å²) >= 11 is 0. The fraction of sp³-hybridized carbons (Fsp3) is 0.471. The van der Waals surface area contributed by atoms with Gasteiger partial charge in [-0.3, -0.25) is 0 Å². The molecule has 1 aromatic heterocycles. The molecule has 4 heteroatoms. The molecule has 0 unspecified atom stereocenters. The summed E-state index contributed by atoms with van der Waals surface area (Å²) in [4.78, 5) is 4.38. The quantitative estimate of drug-likeness (QED) is 0.937. The third-order valence-corrected chi connectivity index (χ3v) is 4.14. The van der Waals surface area contributed by atoms with Crippen molar-refractivity contribution in [3.05, 3.63) is 36.3 Å².